The van der Waals surface area contributed by atoms with Crippen molar-refractivity contribution in [3.8, 4) is 17.0 Å². The van der Waals surface area contributed by atoms with E-state index in [9.17, 15) is 8.78 Å². The highest BCUT2D eigenvalue weighted by Crippen LogP contribution is 2.31. The molecule has 1 aliphatic carbocycles. The lowest BCUT2D eigenvalue weighted by molar-refractivity contribution is -0.0498. The number of benzene rings is 1. The molecule has 0 atom stereocenters. The van der Waals surface area contributed by atoms with Gasteiger partial charge in [0.15, 0.2) is 5.13 Å². The number of halogens is 2. The first-order chi connectivity index (χ1) is 9.20. The van der Waals surface area contributed by atoms with Crippen molar-refractivity contribution in [3.63, 3.8) is 0 Å². The average Bonchev–Trinajstić information content (AvgIpc) is 3.04. The Morgan fingerprint density at radius 2 is 2.21 bits per heavy atom. The molecule has 0 unspecified atom stereocenters. The van der Waals surface area contributed by atoms with Crippen LogP contribution in [0.15, 0.2) is 29.6 Å². The lowest BCUT2D eigenvalue weighted by Gasteiger charge is -2.05. The summed E-state index contributed by atoms with van der Waals surface area (Å²) in [6.07, 6.45) is 2.37. The molecular formula is C13H12F2N2OS. The van der Waals surface area contributed by atoms with Crippen molar-refractivity contribution in [1.29, 1.82) is 0 Å². The molecule has 1 aromatic heterocycles. The highest BCUT2D eigenvalue weighted by Gasteiger charge is 2.22. The predicted molar refractivity (Wildman–Crippen MR) is 70.8 cm³/mol. The molecule has 0 radical (unpaired) electrons. The summed E-state index contributed by atoms with van der Waals surface area (Å²) < 4.78 is 28.7. The topological polar surface area (TPSA) is 34.1 Å². The number of hydrogen-bond acceptors (Lipinski definition) is 4. The first-order valence-electron chi connectivity index (χ1n) is 5.98. The summed E-state index contributed by atoms with van der Waals surface area (Å²) in [6.45, 7) is -2.81. The SMILES string of the molecule is FC(F)Oc1cccc(-c2csc(NC3CC3)n2)c1. The number of thiazole rings is 1. The number of aromatic nitrogens is 1. The van der Waals surface area contributed by atoms with E-state index in [0.29, 0.717) is 6.04 Å². The highest BCUT2D eigenvalue weighted by molar-refractivity contribution is 7.14. The Morgan fingerprint density at radius 3 is 2.95 bits per heavy atom. The van der Waals surface area contributed by atoms with Crippen LogP contribution in [0.25, 0.3) is 11.3 Å². The normalized spacial score (nSPS) is 14.7. The van der Waals surface area contributed by atoms with Gasteiger partial charge in [-0.15, -0.1) is 11.3 Å². The Morgan fingerprint density at radius 1 is 1.37 bits per heavy atom. The summed E-state index contributed by atoms with van der Waals surface area (Å²) in [5.41, 5.74) is 1.55. The minimum absolute atomic E-state index is 0.150. The van der Waals surface area contributed by atoms with Crippen LogP contribution in [-0.4, -0.2) is 17.6 Å². The lowest BCUT2D eigenvalue weighted by Crippen LogP contribution is -2.01. The van der Waals surface area contributed by atoms with E-state index in [1.165, 1.54) is 30.2 Å². The lowest BCUT2D eigenvalue weighted by atomic mass is 10.2. The maximum absolute atomic E-state index is 12.2. The van der Waals surface area contributed by atoms with Crippen molar-refractivity contribution in [2.24, 2.45) is 0 Å². The molecule has 0 spiro atoms. The Bertz CT molecular complexity index is 569. The first-order valence-corrected chi connectivity index (χ1v) is 6.86. The zero-order chi connectivity index (χ0) is 13.2. The van der Waals surface area contributed by atoms with Crippen LogP contribution in [0.4, 0.5) is 13.9 Å². The van der Waals surface area contributed by atoms with Crippen molar-refractivity contribution in [1.82, 2.24) is 4.98 Å². The van der Waals surface area contributed by atoms with Crippen LogP contribution in [-0.2, 0) is 0 Å². The molecule has 1 heterocycles. The molecule has 19 heavy (non-hydrogen) atoms. The van der Waals surface area contributed by atoms with Crippen LogP contribution in [0.3, 0.4) is 0 Å². The smallest absolute Gasteiger partial charge is 0.387 e. The molecule has 1 aromatic carbocycles. The van der Waals surface area contributed by atoms with Gasteiger partial charge in [0.1, 0.15) is 5.75 Å². The van der Waals surface area contributed by atoms with E-state index < -0.39 is 6.61 Å². The molecule has 1 aliphatic rings. The van der Waals surface area contributed by atoms with Crippen LogP contribution >= 0.6 is 11.3 Å². The quantitative estimate of drug-likeness (QED) is 0.900. The third kappa shape index (κ3) is 3.20. The van der Waals surface area contributed by atoms with Crippen LogP contribution in [0.1, 0.15) is 12.8 Å². The highest BCUT2D eigenvalue weighted by atomic mass is 32.1. The minimum Gasteiger partial charge on any atom is -0.435 e. The van der Waals surface area contributed by atoms with E-state index in [4.69, 9.17) is 0 Å². The standard InChI is InChI=1S/C13H12F2N2OS/c14-12(15)18-10-3-1-2-8(6-10)11-7-19-13(17-11)16-9-4-5-9/h1-3,6-7,9,12H,4-5H2,(H,16,17). The van der Waals surface area contributed by atoms with Gasteiger partial charge in [0, 0.05) is 17.0 Å². The second-order valence-corrected chi connectivity index (χ2v) is 5.22. The number of nitrogens with zero attached hydrogens (tertiary/aromatic N) is 1. The zero-order valence-electron chi connectivity index (χ0n) is 9.98. The molecule has 1 N–H and O–H groups in total. The van der Waals surface area contributed by atoms with E-state index in [1.54, 1.807) is 12.1 Å². The molecule has 0 bridgehead atoms. The van der Waals surface area contributed by atoms with Crippen molar-refractivity contribution < 1.29 is 13.5 Å². The largest absolute Gasteiger partial charge is 0.435 e. The van der Waals surface area contributed by atoms with Crippen molar-refractivity contribution in [3.05, 3.63) is 29.6 Å². The monoisotopic (exact) mass is 282 g/mol. The fourth-order valence-electron chi connectivity index (χ4n) is 1.71. The van der Waals surface area contributed by atoms with E-state index in [2.05, 4.69) is 15.0 Å². The summed E-state index contributed by atoms with van der Waals surface area (Å²) in [5.74, 6) is 0.150. The number of anilines is 1. The van der Waals surface area contributed by atoms with Gasteiger partial charge in [-0.25, -0.2) is 4.98 Å². The summed E-state index contributed by atoms with van der Waals surface area (Å²) in [6, 6.07) is 7.13. The third-order valence-electron chi connectivity index (χ3n) is 2.76. The van der Waals surface area contributed by atoms with Gasteiger partial charge in [-0.2, -0.15) is 8.78 Å². The maximum atomic E-state index is 12.2. The summed E-state index contributed by atoms with van der Waals surface area (Å²) in [7, 11) is 0. The van der Waals surface area contributed by atoms with Gasteiger partial charge in [0.05, 0.1) is 5.69 Å². The van der Waals surface area contributed by atoms with E-state index >= 15 is 0 Å². The molecular weight excluding hydrogens is 270 g/mol. The van der Waals surface area contributed by atoms with Crippen LogP contribution in [0.5, 0.6) is 5.75 Å². The fraction of sp³-hybridized carbons (Fsp3) is 0.308. The minimum atomic E-state index is -2.81. The fourth-order valence-corrected chi connectivity index (χ4v) is 2.50. The van der Waals surface area contributed by atoms with Gasteiger partial charge < -0.3 is 10.1 Å². The number of rotatable bonds is 5. The van der Waals surface area contributed by atoms with Crippen molar-refractivity contribution in [2.75, 3.05) is 5.32 Å². The van der Waals surface area contributed by atoms with E-state index in [-0.39, 0.29) is 5.75 Å². The van der Waals surface area contributed by atoms with Crippen LogP contribution in [0, 0.1) is 0 Å². The molecule has 1 fully saturated rings. The van der Waals surface area contributed by atoms with E-state index in [1.807, 2.05) is 11.4 Å². The van der Waals surface area contributed by atoms with Crippen LogP contribution < -0.4 is 10.1 Å². The molecule has 3 rings (SSSR count). The molecule has 6 heteroatoms. The summed E-state index contributed by atoms with van der Waals surface area (Å²) >= 11 is 1.52. The average molecular weight is 282 g/mol. The van der Waals surface area contributed by atoms with Gasteiger partial charge >= 0.3 is 6.61 Å². The van der Waals surface area contributed by atoms with Gasteiger partial charge in [0.25, 0.3) is 0 Å². The molecule has 3 nitrogen and oxygen atoms in total. The number of alkyl halides is 2. The van der Waals surface area contributed by atoms with Gasteiger partial charge in [-0.05, 0) is 25.0 Å². The van der Waals surface area contributed by atoms with Gasteiger partial charge in [-0.3, -0.25) is 0 Å². The molecule has 0 aliphatic heterocycles. The zero-order valence-corrected chi connectivity index (χ0v) is 10.8. The molecule has 1 saturated carbocycles. The second kappa shape index (κ2) is 5.13. The molecule has 0 amide bonds. The first kappa shape index (κ1) is 12.3. The van der Waals surface area contributed by atoms with Crippen molar-refractivity contribution >= 4 is 16.5 Å². The summed E-state index contributed by atoms with van der Waals surface area (Å²) in [4.78, 5) is 4.45. The predicted octanol–water partition coefficient (Wildman–Crippen LogP) is 3.99. The Kier molecular flexibility index (Phi) is 3.33. The number of hydrogen-bond donors (Lipinski definition) is 1. The van der Waals surface area contributed by atoms with E-state index in [0.717, 1.165) is 16.4 Å². The van der Waals surface area contributed by atoms with Gasteiger partial charge in [-0.1, -0.05) is 12.1 Å². The van der Waals surface area contributed by atoms with Crippen molar-refractivity contribution in [2.45, 2.75) is 25.5 Å². The second-order valence-electron chi connectivity index (χ2n) is 4.36. The Labute approximate surface area is 113 Å². The molecule has 0 saturated heterocycles. The molecule has 100 valence electrons. The Hall–Kier alpha value is -1.69. The number of nitrogens with one attached hydrogen (secondary N) is 1. The Balaban J connectivity index is 1.78. The summed E-state index contributed by atoms with van der Waals surface area (Å²) in [5, 5.41) is 6.09. The van der Waals surface area contributed by atoms with Crippen LogP contribution in [0.2, 0.25) is 0 Å². The molecule has 2 aromatic rings. The number of ether oxygens (including phenoxy) is 1. The maximum Gasteiger partial charge on any atom is 0.387 e. The third-order valence-corrected chi connectivity index (χ3v) is 3.54. The van der Waals surface area contributed by atoms with Gasteiger partial charge in [0.2, 0.25) is 0 Å².